The van der Waals surface area contributed by atoms with Crippen LogP contribution >= 0.6 is 0 Å². The summed E-state index contributed by atoms with van der Waals surface area (Å²) in [6, 6.07) is 4.01. The first-order valence-corrected chi connectivity index (χ1v) is 4.92. The van der Waals surface area contributed by atoms with E-state index in [0.717, 1.165) is 6.07 Å². The lowest BCUT2D eigenvalue weighted by molar-refractivity contribution is -0.330. The van der Waals surface area contributed by atoms with Crippen LogP contribution in [0.25, 0.3) is 22.4 Å². The number of nitrogens with one attached hydrogen (secondary N) is 2. The number of nitrogens with zero attached hydrogens (tertiary/aromatic N) is 2. The van der Waals surface area contributed by atoms with Crippen molar-refractivity contribution < 1.29 is 13.8 Å². The molecule has 3 aromatic rings. The molecule has 2 N–H and O–H groups in total. The predicted octanol–water partition coefficient (Wildman–Crippen LogP) is 1.72. The summed E-state index contributed by atoms with van der Waals surface area (Å²) in [5, 5.41) is 7.38. The Labute approximate surface area is 94.3 Å². The number of aromatic nitrogens is 4. The largest absolute Gasteiger partial charge is 0.288 e. The molecule has 0 aliphatic heterocycles. The third kappa shape index (κ3) is 1.54. The summed E-state index contributed by atoms with van der Waals surface area (Å²) >= 11 is 0. The van der Waals surface area contributed by atoms with Crippen LogP contribution in [0.15, 0.2) is 30.6 Å². The van der Waals surface area contributed by atoms with Gasteiger partial charge in [-0.25, -0.2) is 18.7 Å². The van der Waals surface area contributed by atoms with Crippen LogP contribution in [0.3, 0.4) is 0 Å². The normalized spacial score (nSPS) is 10.9. The van der Waals surface area contributed by atoms with E-state index in [1.54, 1.807) is 0 Å². The van der Waals surface area contributed by atoms with Crippen LogP contribution in [0.5, 0.6) is 0 Å². The number of rotatable bonds is 1. The Hall–Kier alpha value is -2.37. The fourth-order valence-corrected chi connectivity index (χ4v) is 1.65. The van der Waals surface area contributed by atoms with Gasteiger partial charge in [0.05, 0.1) is 0 Å². The molecule has 0 aliphatic carbocycles. The lowest BCUT2D eigenvalue weighted by Gasteiger charge is -1.95. The summed E-state index contributed by atoms with van der Waals surface area (Å²) < 4.78 is 26.7. The molecule has 0 amide bonds. The van der Waals surface area contributed by atoms with Gasteiger partial charge >= 0.3 is 0 Å². The highest BCUT2D eigenvalue weighted by atomic mass is 19.2. The molecule has 1 aromatic carbocycles. The van der Waals surface area contributed by atoms with E-state index in [9.17, 15) is 8.78 Å². The van der Waals surface area contributed by atoms with Crippen LogP contribution in [0.1, 0.15) is 0 Å². The maximum atomic E-state index is 13.6. The van der Waals surface area contributed by atoms with Crippen LogP contribution in [0.2, 0.25) is 0 Å². The van der Waals surface area contributed by atoms with E-state index in [1.165, 1.54) is 24.5 Å². The SMILES string of the molecule is Fc1cccc(-c2[nH]c3cnncc3[nH+]2)c1F. The second kappa shape index (κ2) is 3.58. The molecular formula is C11H7F2N4+. The summed E-state index contributed by atoms with van der Waals surface area (Å²) in [6.45, 7) is 0. The number of H-pyrrole nitrogens is 2. The second-order valence-electron chi connectivity index (χ2n) is 3.54. The van der Waals surface area contributed by atoms with Crippen LogP contribution in [-0.2, 0) is 0 Å². The zero-order valence-electron chi connectivity index (χ0n) is 8.54. The first-order valence-electron chi connectivity index (χ1n) is 4.92. The van der Waals surface area contributed by atoms with Crippen LogP contribution < -0.4 is 4.98 Å². The quantitative estimate of drug-likeness (QED) is 0.695. The number of hydrogen-bond acceptors (Lipinski definition) is 2. The molecule has 84 valence electrons. The Balaban J connectivity index is 2.24. The number of halogens is 2. The molecule has 0 fully saturated rings. The standard InChI is InChI=1S/C11H6F2N4/c12-7-3-1-2-6(10(7)13)11-16-8-4-14-15-5-9(8)17-11/h1-5H,(H,16,17)/p+1. The van der Waals surface area contributed by atoms with E-state index in [4.69, 9.17) is 0 Å². The molecule has 0 unspecified atom stereocenters. The summed E-state index contributed by atoms with van der Waals surface area (Å²) in [6.07, 6.45) is 3.01. The molecule has 3 rings (SSSR count). The minimum Gasteiger partial charge on any atom is -0.235 e. The highest BCUT2D eigenvalue weighted by Crippen LogP contribution is 2.21. The van der Waals surface area contributed by atoms with Gasteiger partial charge in [0.15, 0.2) is 22.7 Å². The zero-order valence-corrected chi connectivity index (χ0v) is 8.54. The second-order valence-corrected chi connectivity index (χ2v) is 3.54. The Kier molecular flexibility index (Phi) is 2.07. The van der Waals surface area contributed by atoms with Crippen LogP contribution in [0.4, 0.5) is 8.78 Å². The summed E-state index contributed by atoms with van der Waals surface area (Å²) in [7, 11) is 0. The zero-order chi connectivity index (χ0) is 11.8. The van der Waals surface area contributed by atoms with Crippen molar-refractivity contribution >= 4 is 11.0 Å². The maximum Gasteiger partial charge on any atom is 0.288 e. The van der Waals surface area contributed by atoms with E-state index in [2.05, 4.69) is 20.2 Å². The molecule has 0 saturated carbocycles. The molecule has 2 heterocycles. The van der Waals surface area contributed by atoms with Crippen molar-refractivity contribution in [1.29, 1.82) is 0 Å². The minimum atomic E-state index is -0.892. The van der Waals surface area contributed by atoms with Crippen molar-refractivity contribution in [2.45, 2.75) is 0 Å². The molecule has 0 saturated heterocycles. The Morgan fingerprint density at radius 1 is 1.12 bits per heavy atom. The molecule has 17 heavy (non-hydrogen) atoms. The van der Waals surface area contributed by atoms with Gasteiger partial charge in [0.1, 0.15) is 18.0 Å². The Morgan fingerprint density at radius 3 is 2.76 bits per heavy atom. The summed E-state index contributed by atoms with van der Waals surface area (Å²) in [5.74, 6) is -1.39. The van der Waals surface area contributed by atoms with Gasteiger partial charge in [-0.05, 0) is 12.1 Å². The van der Waals surface area contributed by atoms with Crippen molar-refractivity contribution in [3.8, 4) is 11.4 Å². The lowest BCUT2D eigenvalue weighted by atomic mass is 10.2. The smallest absolute Gasteiger partial charge is 0.235 e. The average molecular weight is 233 g/mol. The molecule has 2 aromatic heterocycles. The first kappa shape index (κ1) is 9.83. The molecule has 6 heteroatoms. The molecular weight excluding hydrogens is 226 g/mol. The van der Waals surface area contributed by atoms with Gasteiger partial charge < -0.3 is 0 Å². The average Bonchev–Trinajstić information content (AvgIpc) is 2.76. The highest BCUT2D eigenvalue weighted by Gasteiger charge is 2.18. The van der Waals surface area contributed by atoms with E-state index in [1.807, 2.05) is 0 Å². The summed E-state index contributed by atoms with van der Waals surface area (Å²) in [4.78, 5) is 5.83. The minimum absolute atomic E-state index is 0.140. The van der Waals surface area contributed by atoms with Crippen molar-refractivity contribution in [2.75, 3.05) is 0 Å². The van der Waals surface area contributed by atoms with Crippen molar-refractivity contribution in [3.63, 3.8) is 0 Å². The van der Waals surface area contributed by atoms with Gasteiger partial charge in [0, 0.05) is 0 Å². The van der Waals surface area contributed by atoms with E-state index >= 15 is 0 Å². The van der Waals surface area contributed by atoms with Crippen LogP contribution in [0, 0.1) is 11.6 Å². The first-order chi connectivity index (χ1) is 8.25. The van der Waals surface area contributed by atoms with E-state index in [-0.39, 0.29) is 5.56 Å². The number of hydrogen-bond donors (Lipinski definition) is 1. The highest BCUT2D eigenvalue weighted by molar-refractivity contribution is 5.72. The van der Waals surface area contributed by atoms with E-state index in [0.29, 0.717) is 16.9 Å². The van der Waals surface area contributed by atoms with Gasteiger partial charge in [-0.1, -0.05) is 6.07 Å². The molecule has 0 aliphatic rings. The van der Waals surface area contributed by atoms with E-state index < -0.39 is 11.6 Å². The number of aromatic amines is 2. The maximum absolute atomic E-state index is 13.6. The predicted molar refractivity (Wildman–Crippen MR) is 55.8 cm³/mol. The van der Waals surface area contributed by atoms with Crippen LogP contribution in [-0.4, -0.2) is 15.2 Å². The Morgan fingerprint density at radius 2 is 1.94 bits per heavy atom. The molecule has 0 atom stereocenters. The monoisotopic (exact) mass is 233 g/mol. The van der Waals surface area contributed by atoms with Crippen molar-refractivity contribution in [2.24, 2.45) is 0 Å². The topological polar surface area (TPSA) is 55.7 Å². The summed E-state index contributed by atoms with van der Waals surface area (Å²) in [5.41, 5.74) is 1.50. The van der Waals surface area contributed by atoms with Gasteiger partial charge in [0.25, 0.3) is 5.82 Å². The Bertz CT molecular complexity index is 660. The molecule has 0 bridgehead atoms. The van der Waals surface area contributed by atoms with Gasteiger partial charge in [-0.15, -0.1) is 0 Å². The number of fused-ring (bicyclic) bond motifs is 1. The van der Waals surface area contributed by atoms with Crippen molar-refractivity contribution in [3.05, 3.63) is 42.2 Å². The van der Waals surface area contributed by atoms with Crippen molar-refractivity contribution in [1.82, 2.24) is 15.2 Å². The van der Waals surface area contributed by atoms with Gasteiger partial charge in [0.2, 0.25) is 0 Å². The third-order valence-electron chi connectivity index (χ3n) is 2.47. The molecule has 0 radical (unpaired) electrons. The van der Waals surface area contributed by atoms with Gasteiger partial charge in [-0.3, -0.25) is 0 Å². The number of benzene rings is 1. The molecule has 0 spiro atoms. The fourth-order valence-electron chi connectivity index (χ4n) is 1.65. The van der Waals surface area contributed by atoms with Gasteiger partial charge in [-0.2, -0.15) is 10.2 Å². The lowest BCUT2D eigenvalue weighted by Crippen LogP contribution is -2.04. The number of imidazole rings is 1. The third-order valence-corrected chi connectivity index (χ3v) is 2.47. The molecule has 4 nitrogen and oxygen atoms in total. The fraction of sp³-hybridized carbons (Fsp3) is 0.